The Morgan fingerprint density at radius 2 is 2.32 bits per heavy atom. The zero-order valence-corrected chi connectivity index (χ0v) is 11.9. The maximum absolute atomic E-state index is 10.6. The van der Waals surface area contributed by atoms with Gasteiger partial charge in [0.15, 0.2) is 0 Å². The van der Waals surface area contributed by atoms with Gasteiger partial charge in [-0.25, -0.2) is 4.98 Å². The largest absolute Gasteiger partial charge is 0.481 e. The summed E-state index contributed by atoms with van der Waals surface area (Å²) in [6, 6.07) is 1.75. The maximum Gasteiger partial charge on any atom is 0.218 e. The summed E-state index contributed by atoms with van der Waals surface area (Å²) < 4.78 is 5.12. The van der Waals surface area contributed by atoms with E-state index in [4.69, 9.17) is 4.74 Å². The van der Waals surface area contributed by atoms with E-state index in [2.05, 4.69) is 22.2 Å². The third-order valence-corrected chi connectivity index (χ3v) is 3.69. The van der Waals surface area contributed by atoms with E-state index in [1.807, 2.05) is 6.92 Å². The van der Waals surface area contributed by atoms with Crippen molar-refractivity contribution in [3.63, 3.8) is 0 Å². The molecule has 5 nitrogen and oxygen atoms in total. The lowest BCUT2D eigenvalue weighted by molar-refractivity contribution is -0.000837. The number of nitrogens with one attached hydrogen (secondary N) is 1. The van der Waals surface area contributed by atoms with Crippen molar-refractivity contribution in [2.24, 2.45) is 5.92 Å². The molecule has 0 saturated heterocycles. The van der Waals surface area contributed by atoms with E-state index in [1.165, 1.54) is 6.42 Å². The molecular formula is C14H23N3O2. The van der Waals surface area contributed by atoms with Crippen LogP contribution in [-0.2, 0) is 0 Å². The first kappa shape index (κ1) is 14.1. The monoisotopic (exact) mass is 265 g/mol. The van der Waals surface area contributed by atoms with Gasteiger partial charge in [-0.05, 0) is 25.7 Å². The fourth-order valence-electron chi connectivity index (χ4n) is 2.78. The highest BCUT2D eigenvalue weighted by Gasteiger charge is 2.32. The van der Waals surface area contributed by atoms with E-state index >= 15 is 0 Å². The van der Waals surface area contributed by atoms with Crippen molar-refractivity contribution < 1.29 is 9.84 Å². The quantitative estimate of drug-likeness (QED) is 0.873. The van der Waals surface area contributed by atoms with E-state index in [-0.39, 0.29) is 0 Å². The maximum atomic E-state index is 10.6. The van der Waals surface area contributed by atoms with Gasteiger partial charge >= 0.3 is 0 Å². The van der Waals surface area contributed by atoms with Crippen LogP contribution in [0.3, 0.4) is 0 Å². The molecule has 0 aliphatic heterocycles. The zero-order chi connectivity index (χ0) is 13.9. The fraction of sp³-hybridized carbons (Fsp3) is 0.714. The third-order valence-electron chi connectivity index (χ3n) is 3.69. The first-order valence-electron chi connectivity index (χ1n) is 6.87. The molecule has 1 aromatic rings. The molecule has 1 aliphatic carbocycles. The normalized spacial score (nSPS) is 27.1. The first-order valence-corrected chi connectivity index (χ1v) is 6.87. The van der Waals surface area contributed by atoms with Gasteiger partial charge in [0.25, 0.3) is 0 Å². The van der Waals surface area contributed by atoms with Crippen LogP contribution in [0.25, 0.3) is 0 Å². The van der Waals surface area contributed by atoms with Crippen LogP contribution >= 0.6 is 0 Å². The minimum absolute atomic E-state index is 0.525. The number of nitrogens with zero attached hydrogens (tertiary/aromatic N) is 2. The highest BCUT2D eigenvalue weighted by Crippen LogP contribution is 2.32. The van der Waals surface area contributed by atoms with Crippen LogP contribution in [0.5, 0.6) is 5.88 Å². The Bertz CT molecular complexity index is 439. The number of anilines is 1. The molecule has 106 valence electrons. The number of hydrogen-bond donors (Lipinski definition) is 2. The minimum atomic E-state index is -0.621. The molecule has 1 aromatic heterocycles. The average molecular weight is 265 g/mol. The van der Waals surface area contributed by atoms with Gasteiger partial charge in [-0.15, -0.1) is 0 Å². The van der Waals surface area contributed by atoms with Gasteiger partial charge in [0, 0.05) is 12.6 Å². The summed E-state index contributed by atoms with van der Waals surface area (Å²) in [5.74, 6) is 2.49. The Morgan fingerprint density at radius 3 is 3.00 bits per heavy atom. The number of aliphatic hydroxyl groups is 1. The van der Waals surface area contributed by atoms with Gasteiger partial charge in [-0.1, -0.05) is 19.8 Å². The molecule has 2 atom stereocenters. The van der Waals surface area contributed by atoms with Crippen molar-refractivity contribution in [1.82, 2.24) is 9.97 Å². The zero-order valence-electron chi connectivity index (χ0n) is 11.9. The van der Waals surface area contributed by atoms with Crippen LogP contribution in [0, 0.1) is 12.8 Å². The molecule has 2 N–H and O–H groups in total. The van der Waals surface area contributed by atoms with E-state index in [0.29, 0.717) is 30.0 Å². The van der Waals surface area contributed by atoms with Crippen molar-refractivity contribution in [2.75, 3.05) is 19.0 Å². The van der Waals surface area contributed by atoms with Crippen LogP contribution in [0.4, 0.5) is 5.82 Å². The topological polar surface area (TPSA) is 67.3 Å². The van der Waals surface area contributed by atoms with Gasteiger partial charge in [-0.3, -0.25) is 0 Å². The van der Waals surface area contributed by atoms with Gasteiger partial charge in [-0.2, -0.15) is 4.98 Å². The number of ether oxygens (including phenoxy) is 1. The Morgan fingerprint density at radius 1 is 1.53 bits per heavy atom. The van der Waals surface area contributed by atoms with E-state index in [9.17, 15) is 5.11 Å². The molecule has 2 unspecified atom stereocenters. The van der Waals surface area contributed by atoms with Crippen LogP contribution in [0.2, 0.25) is 0 Å². The predicted octanol–water partition coefficient (Wildman–Crippen LogP) is 2.15. The molecule has 1 heterocycles. The molecule has 1 saturated carbocycles. The number of hydrogen-bond acceptors (Lipinski definition) is 5. The van der Waals surface area contributed by atoms with Crippen molar-refractivity contribution in [2.45, 2.75) is 45.1 Å². The molecule has 0 spiro atoms. The highest BCUT2D eigenvalue weighted by atomic mass is 16.5. The van der Waals surface area contributed by atoms with Gasteiger partial charge in [0.05, 0.1) is 12.7 Å². The molecule has 0 bridgehead atoms. The van der Waals surface area contributed by atoms with Crippen LogP contribution in [-0.4, -0.2) is 34.3 Å². The molecule has 0 aromatic carbocycles. The van der Waals surface area contributed by atoms with Crippen molar-refractivity contribution in [3.8, 4) is 5.88 Å². The second kappa shape index (κ2) is 5.74. The van der Waals surface area contributed by atoms with E-state index in [0.717, 1.165) is 19.3 Å². The second-order valence-corrected chi connectivity index (χ2v) is 5.62. The van der Waals surface area contributed by atoms with Crippen molar-refractivity contribution in [1.29, 1.82) is 0 Å². The standard InChI is InChI=1S/C14H23N3O2/c1-10-5-4-6-14(18,8-10)9-15-12-7-13(19-3)17-11(2)16-12/h7,10,18H,4-6,8-9H2,1-3H3,(H,15,16,17). The summed E-state index contributed by atoms with van der Waals surface area (Å²) >= 11 is 0. The van der Waals surface area contributed by atoms with E-state index < -0.39 is 5.60 Å². The van der Waals surface area contributed by atoms with Gasteiger partial charge < -0.3 is 15.2 Å². The Balaban J connectivity index is 1.99. The molecule has 19 heavy (non-hydrogen) atoms. The Labute approximate surface area is 114 Å². The third kappa shape index (κ3) is 3.80. The highest BCUT2D eigenvalue weighted by molar-refractivity contribution is 5.38. The van der Waals surface area contributed by atoms with Crippen LogP contribution in [0.1, 0.15) is 38.4 Å². The summed E-state index contributed by atoms with van der Waals surface area (Å²) in [5.41, 5.74) is -0.621. The molecule has 2 rings (SSSR count). The smallest absolute Gasteiger partial charge is 0.218 e. The Hall–Kier alpha value is -1.36. The number of methoxy groups -OCH3 is 1. The molecular weight excluding hydrogens is 242 g/mol. The summed E-state index contributed by atoms with van der Waals surface area (Å²) in [5, 5.41) is 13.8. The molecule has 5 heteroatoms. The van der Waals surface area contributed by atoms with Crippen LogP contribution < -0.4 is 10.1 Å². The second-order valence-electron chi connectivity index (χ2n) is 5.62. The first-order chi connectivity index (χ1) is 9.00. The van der Waals surface area contributed by atoms with E-state index in [1.54, 1.807) is 13.2 Å². The summed E-state index contributed by atoms with van der Waals surface area (Å²) in [7, 11) is 1.59. The fourth-order valence-corrected chi connectivity index (χ4v) is 2.78. The lowest BCUT2D eigenvalue weighted by Gasteiger charge is -2.35. The summed E-state index contributed by atoms with van der Waals surface area (Å²) in [6.07, 6.45) is 4.00. The minimum Gasteiger partial charge on any atom is -0.481 e. The average Bonchev–Trinajstić information content (AvgIpc) is 2.35. The van der Waals surface area contributed by atoms with Crippen molar-refractivity contribution in [3.05, 3.63) is 11.9 Å². The number of rotatable bonds is 4. The van der Waals surface area contributed by atoms with Gasteiger partial charge in [0.2, 0.25) is 5.88 Å². The lowest BCUT2D eigenvalue weighted by Crippen LogP contribution is -2.41. The molecule has 0 amide bonds. The van der Waals surface area contributed by atoms with Gasteiger partial charge in [0.1, 0.15) is 11.6 Å². The molecule has 1 fully saturated rings. The molecule has 0 radical (unpaired) electrons. The Kier molecular flexibility index (Phi) is 4.24. The lowest BCUT2D eigenvalue weighted by atomic mass is 9.79. The predicted molar refractivity (Wildman–Crippen MR) is 74.4 cm³/mol. The SMILES string of the molecule is COc1cc(NCC2(O)CCCC(C)C2)nc(C)n1. The summed E-state index contributed by atoms with van der Waals surface area (Å²) in [6.45, 7) is 4.55. The van der Waals surface area contributed by atoms with Crippen LogP contribution in [0.15, 0.2) is 6.07 Å². The summed E-state index contributed by atoms with van der Waals surface area (Å²) in [4.78, 5) is 8.44. The number of aromatic nitrogens is 2. The molecule has 1 aliphatic rings. The van der Waals surface area contributed by atoms with Crippen molar-refractivity contribution >= 4 is 5.82 Å². The number of aryl methyl sites for hydroxylation is 1.